The summed E-state index contributed by atoms with van der Waals surface area (Å²) < 4.78 is 0. The Morgan fingerprint density at radius 2 is 2.07 bits per heavy atom. The molecular weight excluding hydrogens is 196 g/mol. The molecule has 0 spiro atoms. The van der Waals surface area contributed by atoms with Gasteiger partial charge in [-0.2, -0.15) is 11.3 Å². The Morgan fingerprint density at radius 3 is 2.71 bits per heavy atom. The van der Waals surface area contributed by atoms with Gasteiger partial charge in [0.05, 0.1) is 0 Å². The fraction of sp³-hybridized carbons (Fsp3) is 0.545. The van der Waals surface area contributed by atoms with Crippen LogP contribution in [0.5, 0.6) is 0 Å². The smallest absolute Gasteiger partial charge is 0.303 e. The van der Waals surface area contributed by atoms with Crippen LogP contribution in [0.25, 0.3) is 0 Å². The van der Waals surface area contributed by atoms with Crippen molar-refractivity contribution in [3.8, 4) is 0 Å². The summed E-state index contributed by atoms with van der Waals surface area (Å²) in [5.41, 5.74) is 1.41. The molecule has 0 aliphatic heterocycles. The minimum Gasteiger partial charge on any atom is -0.481 e. The van der Waals surface area contributed by atoms with E-state index in [4.69, 9.17) is 5.11 Å². The molecule has 1 aromatic heterocycles. The lowest BCUT2D eigenvalue weighted by Gasteiger charge is -1.98. The number of carboxylic acid groups (broad SMARTS) is 1. The fourth-order valence-corrected chi connectivity index (χ4v) is 2.10. The highest BCUT2D eigenvalue weighted by atomic mass is 32.1. The lowest BCUT2D eigenvalue weighted by Crippen LogP contribution is -1.93. The molecule has 1 heterocycles. The van der Waals surface area contributed by atoms with Gasteiger partial charge in [-0.3, -0.25) is 4.79 Å². The number of aliphatic carboxylic acids is 1. The van der Waals surface area contributed by atoms with Gasteiger partial charge in [-0.05, 0) is 41.7 Å². The van der Waals surface area contributed by atoms with Gasteiger partial charge in [0.25, 0.3) is 0 Å². The minimum atomic E-state index is -0.678. The molecule has 3 heteroatoms. The second-order valence-corrected chi connectivity index (χ2v) is 4.22. The van der Waals surface area contributed by atoms with Gasteiger partial charge in [0, 0.05) is 6.42 Å². The van der Waals surface area contributed by atoms with E-state index in [0.29, 0.717) is 6.42 Å². The molecule has 0 aliphatic rings. The minimum absolute atomic E-state index is 0.318. The first-order valence-electron chi connectivity index (χ1n) is 5.02. The van der Waals surface area contributed by atoms with Gasteiger partial charge in [0.1, 0.15) is 0 Å². The van der Waals surface area contributed by atoms with Crippen molar-refractivity contribution in [2.24, 2.45) is 0 Å². The molecule has 1 N–H and O–H groups in total. The highest BCUT2D eigenvalue weighted by molar-refractivity contribution is 7.07. The van der Waals surface area contributed by atoms with Gasteiger partial charge in [0.2, 0.25) is 0 Å². The Kier molecular flexibility index (Phi) is 5.30. The Morgan fingerprint density at radius 1 is 1.29 bits per heavy atom. The summed E-state index contributed by atoms with van der Waals surface area (Å²) in [7, 11) is 0. The number of aryl methyl sites for hydroxylation is 1. The zero-order valence-electron chi connectivity index (χ0n) is 8.24. The first kappa shape index (κ1) is 11.2. The van der Waals surface area contributed by atoms with Crippen molar-refractivity contribution in [3.63, 3.8) is 0 Å². The molecule has 0 saturated carbocycles. The van der Waals surface area contributed by atoms with E-state index in [2.05, 4.69) is 16.8 Å². The third-order valence-electron chi connectivity index (χ3n) is 2.19. The van der Waals surface area contributed by atoms with Gasteiger partial charge < -0.3 is 5.11 Å². The van der Waals surface area contributed by atoms with Crippen molar-refractivity contribution < 1.29 is 9.90 Å². The molecule has 0 aliphatic carbocycles. The van der Waals surface area contributed by atoms with Crippen LogP contribution in [-0.4, -0.2) is 11.1 Å². The van der Waals surface area contributed by atoms with Crippen LogP contribution in [0.1, 0.15) is 37.7 Å². The lowest BCUT2D eigenvalue weighted by atomic mass is 10.1. The van der Waals surface area contributed by atoms with Crippen molar-refractivity contribution in [1.82, 2.24) is 0 Å². The molecule has 0 bridgehead atoms. The first-order valence-corrected chi connectivity index (χ1v) is 5.96. The largest absolute Gasteiger partial charge is 0.481 e. The van der Waals surface area contributed by atoms with Gasteiger partial charge in [0.15, 0.2) is 0 Å². The highest BCUT2D eigenvalue weighted by Crippen LogP contribution is 2.11. The Labute approximate surface area is 88.6 Å². The third-order valence-corrected chi connectivity index (χ3v) is 2.92. The average molecular weight is 212 g/mol. The van der Waals surface area contributed by atoms with Gasteiger partial charge in [-0.15, -0.1) is 0 Å². The van der Waals surface area contributed by atoms with Crippen LogP contribution in [0.2, 0.25) is 0 Å². The van der Waals surface area contributed by atoms with Crippen molar-refractivity contribution >= 4 is 17.3 Å². The molecule has 0 amide bonds. The number of carbonyl (C=O) groups is 1. The van der Waals surface area contributed by atoms with Crippen LogP contribution >= 0.6 is 11.3 Å². The second-order valence-electron chi connectivity index (χ2n) is 3.44. The summed E-state index contributed by atoms with van der Waals surface area (Å²) in [5.74, 6) is -0.678. The number of hydrogen-bond acceptors (Lipinski definition) is 2. The van der Waals surface area contributed by atoms with Crippen molar-refractivity contribution in [3.05, 3.63) is 22.4 Å². The maximum atomic E-state index is 10.2. The zero-order valence-corrected chi connectivity index (χ0v) is 9.05. The maximum absolute atomic E-state index is 10.2. The standard InChI is InChI=1S/C11H16O2S/c12-11(13)6-4-2-1-3-5-10-7-8-14-9-10/h7-9H,1-6H2,(H,12,13). The Balaban J connectivity index is 1.92. The first-order chi connectivity index (χ1) is 6.79. The van der Waals surface area contributed by atoms with E-state index in [9.17, 15) is 4.79 Å². The van der Waals surface area contributed by atoms with Gasteiger partial charge >= 0.3 is 5.97 Å². The zero-order chi connectivity index (χ0) is 10.2. The summed E-state index contributed by atoms with van der Waals surface area (Å²) >= 11 is 1.73. The average Bonchev–Trinajstić information content (AvgIpc) is 2.63. The van der Waals surface area contributed by atoms with Crippen molar-refractivity contribution in [1.29, 1.82) is 0 Å². The Bertz CT molecular complexity index is 254. The summed E-state index contributed by atoms with van der Waals surface area (Å²) in [6.07, 6.45) is 5.63. The number of thiophene rings is 1. The predicted octanol–water partition coefficient (Wildman–Crippen LogP) is 3.33. The van der Waals surface area contributed by atoms with Crippen LogP contribution in [0, 0.1) is 0 Å². The molecule has 1 aromatic rings. The van der Waals surface area contributed by atoms with Gasteiger partial charge in [-0.1, -0.05) is 12.8 Å². The molecule has 0 radical (unpaired) electrons. The number of unbranched alkanes of at least 4 members (excludes halogenated alkanes) is 3. The van der Waals surface area contributed by atoms with Crippen LogP contribution in [0.4, 0.5) is 0 Å². The number of carboxylic acids is 1. The summed E-state index contributed by atoms with van der Waals surface area (Å²) in [5, 5.41) is 12.7. The molecule has 2 nitrogen and oxygen atoms in total. The molecule has 1 rings (SSSR count). The van der Waals surface area contributed by atoms with Crippen LogP contribution in [0.15, 0.2) is 16.8 Å². The van der Waals surface area contributed by atoms with Crippen LogP contribution < -0.4 is 0 Å². The third kappa shape index (κ3) is 5.02. The quantitative estimate of drug-likeness (QED) is 0.704. The molecule has 0 aromatic carbocycles. The lowest BCUT2D eigenvalue weighted by molar-refractivity contribution is -0.137. The van der Waals surface area contributed by atoms with E-state index in [-0.39, 0.29) is 0 Å². The predicted molar refractivity (Wildman–Crippen MR) is 58.7 cm³/mol. The second kappa shape index (κ2) is 6.60. The molecule has 0 atom stereocenters. The molecule has 0 unspecified atom stereocenters. The fourth-order valence-electron chi connectivity index (χ4n) is 1.39. The van der Waals surface area contributed by atoms with Crippen molar-refractivity contribution in [2.45, 2.75) is 38.5 Å². The molecule has 0 saturated heterocycles. The van der Waals surface area contributed by atoms with E-state index < -0.39 is 5.97 Å². The highest BCUT2D eigenvalue weighted by Gasteiger charge is 1.97. The van der Waals surface area contributed by atoms with Gasteiger partial charge in [-0.25, -0.2) is 0 Å². The van der Waals surface area contributed by atoms with E-state index >= 15 is 0 Å². The van der Waals surface area contributed by atoms with E-state index in [0.717, 1.165) is 25.7 Å². The molecular formula is C11H16O2S. The summed E-state index contributed by atoms with van der Waals surface area (Å²) in [6, 6.07) is 2.15. The Hall–Kier alpha value is -0.830. The summed E-state index contributed by atoms with van der Waals surface area (Å²) in [6.45, 7) is 0. The summed E-state index contributed by atoms with van der Waals surface area (Å²) in [4.78, 5) is 10.2. The topological polar surface area (TPSA) is 37.3 Å². The monoisotopic (exact) mass is 212 g/mol. The van der Waals surface area contributed by atoms with Crippen LogP contribution in [0.3, 0.4) is 0 Å². The number of rotatable bonds is 7. The molecule has 14 heavy (non-hydrogen) atoms. The number of hydrogen-bond donors (Lipinski definition) is 1. The molecule has 78 valence electrons. The van der Waals surface area contributed by atoms with Crippen LogP contribution in [-0.2, 0) is 11.2 Å². The van der Waals surface area contributed by atoms with E-state index in [1.54, 1.807) is 11.3 Å². The SMILES string of the molecule is O=C(O)CCCCCCc1ccsc1. The van der Waals surface area contributed by atoms with Crippen molar-refractivity contribution in [2.75, 3.05) is 0 Å². The van der Waals surface area contributed by atoms with E-state index in [1.807, 2.05) is 0 Å². The van der Waals surface area contributed by atoms with E-state index in [1.165, 1.54) is 12.0 Å². The molecule has 0 fully saturated rings. The normalized spacial score (nSPS) is 10.3. The maximum Gasteiger partial charge on any atom is 0.303 e.